The third-order valence-electron chi connectivity index (χ3n) is 5.33. The highest BCUT2D eigenvalue weighted by molar-refractivity contribution is 8.00. The van der Waals surface area contributed by atoms with E-state index in [0.717, 1.165) is 16.0 Å². The summed E-state index contributed by atoms with van der Waals surface area (Å²) in [5.74, 6) is -0.667. The summed E-state index contributed by atoms with van der Waals surface area (Å²) >= 11 is 4.11. The first-order valence-corrected chi connectivity index (χ1v) is 13.9. The van der Waals surface area contributed by atoms with Crippen LogP contribution in [0.25, 0.3) is 11.3 Å². The molecule has 2 N–H and O–H groups in total. The lowest BCUT2D eigenvalue weighted by molar-refractivity contribution is -0.115. The quantitative estimate of drug-likeness (QED) is 0.196. The number of anilines is 2. The Labute approximate surface area is 225 Å². The normalized spacial score (nSPS) is 11.6. The number of hydrogen-bond donors (Lipinski definition) is 2. The van der Waals surface area contributed by atoms with Crippen LogP contribution in [0.2, 0.25) is 0 Å². The average Bonchev–Trinajstić information content (AvgIpc) is 3.62. The van der Waals surface area contributed by atoms with Gasteiger partial charge in [0, 0.05) is 21.5 Å². The SMILES string of the molecule is O=C(Nc1ccc(SC(C(=O)Nc2nc(-c3ccc(F)cc3)cs2)c2ccccc2)cc1)c1cccs1. The van der Waals surface area contributed by atoms with E-state index in [1.165, 1.54) is 46.6 Å². The van der Waals surface area contributed by atoms with E-state index in [4.69, 9.17) is 0 Å². The molecule has 0 aliphatic carbocycles. The van der Waals surface area contributed by atoms with Gasteiger partial charge in [-0.25, -0.2) is 9.37 Å². The Morgan fingerprint density at radius 2 is 1.59 bits per heavy atom. The van der Waals surface area contributed by atoms with E-state index in [-0.39, 0.29) is 17.6 Å². The van der Waals surface area contributed by atoms with E-state index in [1.54, 1.807) is 18.2 Å². The highest BCUT2D eigenvalue weighted by Crippen LogP contribution is 2.37. The fourth-order valence-corrected chi connectivity index (χ4v) is 5.88. The van der Waals surface area contributed by atoms with Gasteiger partial charge in [-0.2, -0.15) is 0 Å². The minimum Gasteiger partial charge on any atom is -0.321 e. The van der Waals surface area contributed by atoms with Crippen LogP contribution < -0.4 is 10.6 Å². The Morgan fingerprint density at radius 3 is 2.30 bits per heavy atom. The third-order valence-corrected chi connectivity index (χ3v) is 8.22. The van der Waals surface area contributed by atoms with E-state index in [1.807, 2.05) is 71.4 Å². The zero-order valence-corrected chi connectivity index (χ0v) is 21.7. The number of aromatic nitrogens is 1. The van der Waals surface area contributed by atoms with Crippen molar-refractivity contribution < 1.29 is 14.0 Å². The largest absolute Gasteiger partial charge is 0.321 e. The first-order valence-electron chi connectivity index (χ1n) is 11.2. The van der Waals surface area contributed by atoms with Crippen molar-refractivity contribution in [2.45, 2.75) is 10.1 Å². The standard InChI is InChI=1S/C28H20FN3O2S3/c29-20-10-8-18(9-11-20)23-17-36-28(31-23)32-27(34)25(19-5-2-1-3-6-19)37-22-14-12-21(13-15-22)30-26(33)24-7-4-16-35-24/h1-17,25H,(H,30,33)(H,31,32,34). The minimum absolute atomic E-state index is 0.152. The number of carbonyl (C=O) groups excluding carboxylic acids is 2. The molecule has 2 heterocycles. The maximum absolute atomic E-state index is 13.4. The number of benzene rings is 3. The van der Waals surface area contributed by atoms with E-state index in [2.05, 4.69) is 15.6 Å². The summed E-state index contributed by atoms with van der Waals surface area (Å²) in [5, 5.41) is 9.46. The number of amides is 2. The fourth-order valence-electron chi connectivity index (χ4n) is 3.51. The third kappa shape index (κ3) is 6.32. The molecule has 2 amide bonds. The van der Waals surface area contributed by atoms with Crippen molar-refractivity contribution >= 4 is 57.1 Å². The van der Waals surface area contributed by atoms with Crippen LogP contribution in [0.15, 0.2) is 107 Å². The van der Waals surface area contributed by atoms with Crippen LogP contribution in [-0.4, -0.2) is 16.8 Å². The first kappa shape index (κ1) is 24.9. The van der Waals surface area contributed by atoms with Crippen LogP contribution in [0.4, 0.5) is 15.2 Å². The van der Waals surface area contributed by atoms with E-state index in [0.29, 0.717) is 21.4 Å². The van der Waals surface area contributed by atoms with Gasteiger partial charge in [-0.15, -0.1) is 34.4 Å². The van der Waals surface area contributed by atoms with Crippen LogP contribution in [0, 0.1) is 5.82 Å². The highest BCUT2D eigenvalue weighted by atomic mass is 32.2. The Morgan fingerprint density at radius 1 is 0.838 bits per heavy atom. The second-order valence-electron chi connectivity index (χ2n) is 7.90. The zero-order valence-electron chi connectivity index (χ0n) is 19.3. The van der Waals surface area contributed by atoms with Crippen molar-refractivity contribution in [1.29, 1.82) is 0 Å². The van der Waals surface area contributed by atoms with Gasteiger partial charge in [0.1, 0.15) is 11.1 Å². The van der Waals surface area contributed by atoms with Crippen molar-refractivity contribution in [1.82, 2.24) is 4.98 Å². The zero-order chi connectivity index (χ0) is 25.6. The summed E-state index contributed by atoms with van der Waals surface area (Å²) in [6.07, 6.45) is 0. The van der Waals surface area contributed by atoms with Gasteiger partial charge >= 0.3 is 0 Å². The van der Waals surface area contributed by atoms with Crippen molar-refractivity contribution in [2.24, 2.45) is 0 Å². The molecule has 1 unspecified atom stereocenters. The molecule has 3 aromatic carbocycles. The fraction of sp³-hybridized carbons (Fsp3) is 0.0357. The van der Waals surface area contributed by atoms with Gasteiger partial charge in [-0.05, 0) is 65.5 Å². The van der Waals surface area contributed by atoms with Crippen molar-refractivity contribution in [3.63, 3.8) is 0 Å². The molecular formula is C28H20FN3O2S3. The number of nitrogens with one attached hydrogen (secondary N) is 2. The Kier molecular flexibility index (Phi) is 7.74. The molecule has 2 aromatic heterocycles. The molecular weight excluding hydrogens is 526 g/mol. The van der Waals surface area contributed by atoms with Crippen LogP contribution in [-0.2, 0) is 4.79 Å². The molecule has 37 heavy (non-hydrogen) atoms. The van der Waals surface area contributed by atoms with Gasteiger partial charge in [0.25, 0.3) is 5.91 Å². The predicted molar refractivity (Wildman–Crippen MR) is 150 cm³/mol. The molecule has 0 radical (unpaired) electrons. The number of hydrogen-bond acceptors (Lipinski definition) is 6. The topological polar surface area (TPSA) is 71.1 Å². The number of halogens is 1. The van der Waals surface area contributed by atoms with Crippen LogP contribution >= 0.6 is 34.4 Å². The maximum Gasteiger partial charge on any atom is 0.265 e. The van der Waals surface area contributed by atoms with E-state index in [9.17, 15) is 14.0 Å². The molecule has 0 saturated carbocycles. The van der Waals surface area contributed by atoms with Crippen LogP contribution in [0.1, 0.15) is 20.5 Å². The highest BCUT2D eigenvalue weighted by Gasteiger charge is 2.23. The average molecular weight is 546 g/mol. The Hall–Kier alpha value is -3.79. The molecule has 5 aromatic rings. The van der Waals surface area contributed by atoms with Gasteiger partial charge in [0.05, 0.1) is 10.6 Å². The van der Waals surface area contributed by atoms with Crippen molar-refractivity contribution in [2.75, 3.05) is 10.6 Å². The molecule has 0 aliphatic heterocycles. The first-order chi connectivity index (χ1) is 18.0. The Bertz CT molecular complexity index is 1490. The number of carbonyl (C=O) groups is 2. The number of rotatable bonds is 8. The second-order valence-corrected chi connectivity index (χ2v) is 10.9. The van der Waals surface area contributed by atoms with Crippen LogP contribution in [0.3, 0.4) is 0 Å². The van der Waals surface area contributed by atoms with Crippen molar-refractivity contribution in [3.05, 3.63) is 118 Å². The van der Waals surface area contributed by atoms with Gasteiger partial charge in [0.15, 0.2) is 5.13 Å². The molecule has 0 saturated heterocycles. The van der Waals surface area contributed by atoms with Gasteiger partial charge in [-0.1, -0.05) is 36.4 Å². The second kappa shape index (κ2) is 11.5. The summed E-state index contributed by atoms with van der Waals surface area (Å²) < 4.78 is 13.2. The molecule has 184 valence electrons. The van der Waals surface area contributed by atoms with Gasteiger partial charge < -0.3 is 10.6 Å². The summed E-state index contributed by atoms with van der Waals surface area (Å²) in [6.45, 7) is 0. The van der Waals surface area contributed by atoms with Crippen LogP contribution in [0.5, 0.6) is 0 Å². The lowest BCUT2D eigenvalue weighted by atomic mass is 10.1. The summed E-state index contributed by atoms with van der Waals surface area (Å²) in [4.78, 5) is 31.7. The Balaban J connectivity index is 1.30. The smallest absolute Gasteiger partial charge is 0.265 e. The van der Waals surface area contributed by atoms with Gasteiger partial charge in [0.2, 0.25) is 5.91 Å². The molecule has 5 nitrogen and oxygen atoms in total. The minimum atomic E-state index is -0.522. The molecule has 1 atom stereocenters. The maximum atomic E-state index is 13.4. The lowest BCUT2D eigenvalue weighted by Crippen LogP contribution is -2.19. The summed E-state index contributed by atoms with van der Waals surface area (Å²) in [5.41, 5.74) is 2.98. The molecule has 9 heteroatoms. The molecule has 0 spiro atoms. The number of thiazole rings is 1. The number of nitrogens with zero attached hydrogens (tertiary/aromatic N) is 1. The lowest BCUT2D eigenvalue weighted by Gasteiger charge is -2.16. The molecule has 0 fully saturated rings. The predicted octanol–water partition coefficient (Wildman–Crippen LogP) is 7.74. The van der Waals surface area contributed by atoms with E-state index >= 15 is 0 Å². The molecule has 5 rings (SSSR count). The number of thioether (sulfide) groups is 1. The summed E-state index contributed by atoms with van der Waals surface area (Å²) in [7, 11) is 0. The number of thiophene rings is 1. The van der Waals surface area contributed by atoms with E-state index < -0.39 is 5.25 Å². The monoisotopic (exact) mass is 545 g/mol. The molecule has 0 bridgehead atoms. The van der Waals surface area contributed by atoms with Crippen molar-refractivity contribution in [3.8, 4) is 11.3 Å². The molecule has 0 aliphatic rings. The van der Waals surface area contributed by atoms with Gasteiger partial charge in [-0.3, -0.25) is 9.59 Å². The summed E-state index contributed by atoms with van der Waals surface area (Å²) in [6, 6.07) is 26.6.